The van der Waals surface area contributed by atoms with Crippen molar-refractivity contribution in [2.75, 3.05) is 19.6 Å². The van der Waals surface area contributed by atoms with Gasteiger partial charge in [0.2, 0.25) is 5.91 Å². The van der Waals surface area contributed by atoms with Gasteiger partial charge in [-0.3, -0.25) is 4.79 Å². The van der Waals surface area contributed by atoms with Crippen LogP contribution in [0, 0.1) is 0 Å². The van der Waals surface area contributed by atoms with Gasteiger partial charge in [-0.05, 0) is 36.2 Å². The number of amides is 1. The average molecular weight is 393 g/mol. The van der Waals surface area contributed by atoms with Crippen LogP contribution < -0.4 is 10.1 Å². The van der Waals surface area contributed by atoms with Crippen LogP contribution in [0.1, 0.15) is 24.0 Å². The monoisotopic (exact) mass is 392 g/mol. The predicted molar refractivity (Wildman–Crippen MR) is 105 cm³/mol. The van der Waals surface area contributed by atoms with E-state index in [1.807, 2.05) is 35.2 Å². The van der Waals surface area contributed by atoms with E-state index in [-0.39, 0.29) is 5.91 Å². The second kappa shape index (κ2) is 9.26. The van der Waals surface area contributed by atoms with Crippen LogP contribution in [-0.4, -0.2) is 30.4 Å². The number of carbonyl (C=O) groups is 1. The molecule has 1 saturated heterocycles. The molecule has 0 saturated carbocycles. The maximum Gasteiger partial charge on any atom is 0.222 e. The van der Waals surface area contributed by atoms with Crippen LogP contribution in [0.5, 0.6) is 5.75 Å². The van der Waals surface area contributed by atoms with E-state index in [0.29, 0.717) is 23.1 Å². The first-order valence-electron chi connectivity index (χ1n) is 8.76. The Bertz CT molecular complexity index is 730. The van der Waals surface area contributed by atoms with E-state index in [0.717, 1.165) is 43.9 Å². The Kier molecular flexibility index (Phi) is 6.78. The fourth-order valence-electron chi connectivity index (χ4n) is 2.92. The molecule has 0 aromatic heterocycles. The van der Waals surface area contributed by atoms with Crippen molar-refractivity contribution in [2.24, 2.45) is 0 Å². The molecule has 1 fully saturated rings. The van der Waals surface area contributed by atoms with Crippen LogP contribution in [-0.2, 0) is 17.9 Å². The first-order valence-corrected chi connectivity index (χ1v) is 9.52. The molecule has 0 atom stereocenters. The molecule has 26 heavy (non-hydrogen) atoms. The van der Waals surface area contributed by atoms with Gasteiger partial charge in [0.25, 0.3) is 0 Å². The summed E-state index contributed by atoms with van der Waals surface area (Å²) in [6.45, 7) is 3.56. The number of rotatable bonds is 8. The molecule has 138 valence electrons. The minimum Gasteiger partial charge on any atom is -0.489 e. The van der Waals surface area contributed by atoms with Crippen molar-refractivity contribution in [1.29, 1.82) is 0 Å². The summed E-state index contributed by atoms with van der Waals surface area (Å²) in [6.07, 6.45) is 1.68. The van der Waals surface area contributed by atoms with E-state index in [4.69, 9.17) is 27.9 Å². The molecule has 0 aliphatic carbocycles. The fraction of sp³-hybridized carbons (Fsp3) is 0.350. The number of hydrogen-bond donors (Lipinski definition) is 1. The highest BCUT2D eigenvalue weighted by molar-refractivity contribution is 6.35. The number of ether oxygens (including phenoxy) is 1. The van der Waals surface area contributed by atoms with Crippen molar-refractivity contribution >= 4 is 29.1 Å². The molecule has 2 aromatic carbocycles. The van der Waals surface area contributed by atoms with E-state index in [9.17, 15) is 4.79 Å². The average Bonchev–Trinajstić information content (AvgIpc) is 3.04. The molecule has 1 aliphatic heterocycles. The zero-order chi connectivity index (χ0) is 18.4. The summed E-state index contributed by atoms with van der Waals surface area (Å²) < 4.78 is 5.78. The largest absolute Gasteiger partial charge is 0.489 e. The van der Waals surface area contributed by atoms with Gasteiger partial charge in [0.05, 0.1) is 0 Å². The van der Waals surface area contributed by atoms with Gasteiger partial charge in [0.15, 0.2) is 0 Å². The zero-order valence-corrected chi connectivity index (χ0v) is 16.0. The number of hydrogen-bond acceptors (Lipinski definition) is 3. The van der Waals surface area contributed by atoms with E-state index < -0.39 is 0 Å². The molecule has 1 heterocycles. The zero-order valence-electron chi connectivity index (χ0n) is 14.5. The molecule has 1 N–H and O–H groups in total. The van der Waals surface area contributed by atoms with Gasteiger partial charge in [-0.15, -0.1) is 0 Å². The molecule has 3 rings (SSSR count). The van der Waals surface area contributed by atoms with Gasteiger partial charge in [0, 0.05) is 48.2 Å². The number of carbonyl (C=O) groups excluding carboxylic acids is 1. The van der Waals surface area contributed by atoms with Gasteiger partial charge in [-0.25, -0.2) is 0 Å². The standard InChI is InChI=1S/C20H22Cl2N2O2/c21-18-3-1-4-19(22)17(18)14-26-16-8-6-15(7-9-16)13-23-10-12-24-11-2-5-20(24)25/h1,3-4,6-9,23H,2,5,10-14H2. The Morgan fingerprint density at radius 1 is 1.08 bits per heavy atom. The highest BCUT2D eigenvalue weighted by Gasteiger charge is 2.18. The quantitative estimate of drug-likeness (QED) is 0.681. The maximum absolute atomic E-state index is 11.5. The van der Waals surface area contributed by atoms with Crippen molar-refractivity contribution in [1.82, 2.24) is 10.2 Å². The summed E-state index contributed by atoms with van der Waals surface area (Å²) in [7, 11) is 0. The Morgan fingerprint density at radius 3 is 2.46 bits per heavy atom. The number of nitrogens with one attached hydrogen (secondary N) is 1. The van der Waals surface area contributed by atoms with Crippen LogP contribution in [0.2, 0.25) is 10.0 Å². The highest BCUT2D eigenvalue weighted by atomic mass is 35.5. The van der Waals surface area contributed by atoms with Crippen molar-refractivity contribution in [3.05, 3.63) is 63.6 Å². The van der Waals surface area contributed by atoms with Crippen LogP contribution >= 0.6 is 23.2 Å². The molecular weight excluding hydrogens is 371 g/mol. The maximum atomic E-state index is 11.5. The number of likely N-dealkylation sites (tertiary alicyclic amines) is 1. The summed E-state index contributed by atoms with van der Waals surface area (Å²) in [5.41, 5.74) is 1.96. The Morgan fingerprint density at radius 2 is 1.81 bits per heavy atom. The molecular formula is C20H22Cl2N2O2. The second-order valence-corrected chi connectivity index (χ2v) is 7.11. The van der Waals surface area contributed by atoms with Crippen LogP contribution in [0.3, 0.4) is 0 Å². The molecule has 6 heteroatoms. The van der Waals surface area contributed by atoms with Crippen molar-refractivity contribution in [3.63, 3.8) is 0 Å². The first-order chi connectivity index (χ1) is 12.6. The predicted octanol–water partition coefficient (Wildman–Crippen LogP) is 4.28. The molecule has 4 nitrogen and oxygen atoms in total. The van der Waals surface area contributed by atoms with Crippen LogP contribution in [0.15, 0.2) is 42.5 Å². The summed E-state index contributed by atoms with van der Waals surface area (Å²) in [5, 5.41) is 4.58. The Balaban J connectivity index is 1.42. The number of nitrogens with zero attached hydrogens (tertiary/aromatic N) is 1. The third-order valence-electron chi connectivity index (χ3n) is 4.43. The van der Waals surface area contributed by atoms with Gasteiger partial charge in [-0.1, -0.05) is 41.4 Å². The third-order valence-corrected chi connectivity index (χ3v) is 5.14. The van der Waals surface area contributed by atoms with Gasteiger partial charge in [-0.2, -0.15) is 0 Å². The van der Waals surface area contributed by atoms with Crippen molar-refractivity contribution < 1.29 is 9.53 Å². The normalized spacial score (nSPS) is 14.1. The molecule has 0 unspecified atom stereocenters. The third kappa shape index (κ3) is 5.13. The molecule has 0 spiro atoms. The van der Waals surface area contributed by atoms with Gasteiger partial charge < -0.3 is 15.0 Å². The lowest BCUT2D eigenvalue weighted by Crippen LogP contribution is -2.32. The van der Waals surface area contributed by atoms with E-state index in [1.165, 1.54) is 5.56 Å². The topological polar surface area (TPSA) is 41.6 Å². The van der Waals surface area contributed by atoms with Gasteiger partial charge >= 0.3 is 0 Å². The van der Waals surface area contributed by atoms with E-state index in [1.54, 1.807) is 12.1 Å². The Hall–Kier alpha value is -1.75. The highest BCUT2D eigenvalue weighted by Crippen LogP contribution is 2.26. The lowest BCUT2D eigenvalue weighted by molar-refractivity contribution is -0.127. The smallest absolute Gasteiger partial charge is 0.222 e. The minimum absolute atomic E-state index is 0.270. The molecule has 0 radical (unpaired) electrons. The number of benzene rings is 2. The lowest BCUT2D eigenvalue weighted by atomic mass is 10.2. The molecule has 1 aliphatic rings. The Labute approximate surface area is 164 Å². The molecule has 0 bridgehead atoms. The van der Waals surface area contributed by atoms with Crippen molar-refractivity contribution in [3.8, 4) is 5.75 Å². The first kappa shape index (κ1) is 19.0. The fourth-order valence-corrected chi connectivity index (χ4v) is 3.42. The minimum atomic E-state index is 0.270. The summed E-state index contributed by atoms with van der Waals surface area (Å²) in [5.74, 6) is 1.04. The summed E-state index contributed by atoms with van der Waals surface area (Å²) in [6, 6.07) is 13.3. The van der Waals surface area contributed by atoms with Crippen LogP contribution in [0.4, 0.5) is 0 Å². The SMILES string of the molecule is O=C1CCCN1CCNCc1ccc(OCc2c(Cl)cccc2Cl)cc1. The van der Waals surface area contributed by atoms with Crippen molar-refractivity contribution in [2.45, 2.75) is 26.0 Å². The summed E-state index contributed by atoms with van der Waals surface area (Å²) >= 11 is 12.3. The van der Waals surface area contributed by atoms with E-state index >= 15 is 0 Å². The van der Waals surface area contributed by atoms with Gasteiger partial charge in [0.1, 0.15) is 12.4 Å². The number of halogens is 2. The second-order valence-electron chi connectivity index (χ2n) is 6.29. The lowest BCUT2D eigenvalue weighted by Gasteiger charge is -2.15. The molecule has 1 amide bonds. The van der Waals surface area contributed by atoms with Crippen LogP contribution in [0.25, 0.3) is 0 Å². The summed E-state index contributed by atoms with van der Waals surface area (Å²) in [4.78, 5) is 13.5. The van der Waals surface area contributed by atoms with E-state index in [2.05, 4.69) is 5.32 Å². The molecule has 2 aromatic rings.